The van der Waals surface area contributed by atoms with Crippen LogP contribution in [0.1, 0.15) is 15.9 Å². The number of aryl methyl sites for hydroxylation is 1. The Kier molecular flexibility index (Phi) is 6.61. The number of ether oxygens (including phenoxy) is 2. The highest BCUT2D eigenvalue weighted by Crippen LogP contribution is 2.32. The minimum absolute atomic E-state index is 0.252. The van der Waals surface area contributed by atoms with Crippen LogP contribution in [0.2, 0.25) is 5.02 Å². The minimum atomic E-state index is -0.665. The van der Waals surface area contributed by atoms with Gasteiger partial charge in [0, 0.05) is 5.02 Å². The zero-order valence-corrected chi connectivity index (χ0v) is 18.2. The molecule has 3 aromatic carbocycles. The highest BCUT2D eigenvalue weighted by atomic mass is 35.5. The van der Waals surface area contributed by atoms with E-state index >= 15 is 0 Å². The Morgan fingerprint density at radius 1 is 1.06 bits per heavy atom. The van der Waals surface area contributed by atoms with E-state index in [0.29, 0.717) is 27.9 Å². The van der Waals surface area contributed by atoms with Crippen LogP contribution >= 0.6 is 11.6 Å². The fourth-order valence-corrected chi connectivity index (χ4v) is 3.05. The molecule has 0 atom stereocenters. The van der Waals surface area contributed by atoms with Crippen LogP contribution < -0.4 is 10.1 Å². The van der Waals surface area contributed by atoms with Gasteiger partial charge >= 0.3 is 5.97 Å². The molecule has 0 saturated carbocycles. The largest absolute Gasteiger partial charge is 0.455 e. The third-order valence-corrected chi connectivity index (χ3v) is 4.73. The van der Waals surface area contributed by atoms with Gasteiger partial charge in [-0.15, -0.1) is 5.10 Å². The van der Waals surface area contributed by atoms with Crippen LogP contribution in [-0.2, 0) is 9.53 Å². The summed E-state index contributed by atoms with van der Waals surface area (Å²) in [5, 5.41) is 14.0. The molecule has 0 aliphatic rings. The second-order valence-corrected chi connectivity index (χ2v) is 7.42. The summed E-state index contributed by atoms with van der Waals surface area (Å²) in [6, 6.07) is 18.8. The molecule has 4 aromatic rings. The van der Waals surface area contributed by atoms with Crippen LogP contribution in [0, 0.1) is 6.92 Å². The van der Waals surface area contributed by atoms with E-state index in [-0.39, 0.29) is 5.56 Å². The van der Waals surface area contributed by atoms with E-state index in [0.717, 1.165) is 5.56 Å². The van der Waals surface area contributed by atoms with Crippen LogP contribution in [0.5, 0.6) is 11.5 Å². The van der Waals surface area contributed by atoms with Crippen molar-refractivity contribution >= 4 is 29.2 Å². The zero-order chi connectivity index (χ0) is 23.2. The van der Waals surface area contributed by atoms with Gasteiger partial charge < -0.3 is 14.8 Å². The van der Waals surface area contributed by atoms with Crippen molar-refractivity contribution in [1.29, 1.82) is 0 Å². The number of halogens is 1. The molecule has 1 amide bonds. The Bertz CT molecular complexity index is 1280. The van der Waals surface area contributed by atoms with E-state index in [1.54, 1.807) is 42.5 Å². The molecule has 0 aliphatic heterocycles. The van der Waals surface area contributed by atoms with Crippen molar-refractivity contribution in [3.05, 3.63) is 89.2 Å². The first-order valence-corrected chi connectivity index (χ1v) is 10.2. The summed E-state index contributed by atoms with van der Waals surface area (Å²) in [4.78, 5) is 24.8. The summed E-state index contributed by atoms with van der Waals surface area (Å²) < 4.78 is 12.4. The maximum Gasteiger partial charge on any atom is 0.338 e. The normalized spacial score (nSPS) is 10.5. The zero-order valence-electron chi connectivity index (χ0n) is 17.4. The molecule has 9 nitrogen and oxygen atoms in total. The van der Waals surface area contributed by atoms with Gasteiger partial charge in [0.15, 0.2) is 12.4 Å². The third kappa shape index (κ3) is 5.72. The van der Waals surface area contributed by atoms with Crippen LogP contribution in [0.3, 0.4) is 0 Å². The molecular weight excluding hydrogens is 446 g/mol. The number of carbonyl (C=O) groups is 2. The molecule has 166 valence electrons. The van der Waals surface area contributed by atoms with Gasteiger partial charge in [-0.3, -0.25) is 4.79 Å². The number of carbonyl (C=O) groups excluding carboxylic acids is 2. The number of benzene rings is 3. The molecule has 4 rings (SSSR count). The number of hydrogen-bond donors (Lipinski definition) is 1. The topological polar surface area (TPSA) is 108 Å². The number of nitrogens with zero attached hydrogens (tertiary/aromatic N) is 4. The van der Waals surface area contributed by atoms with E-state index < -0.39 is 18.5 Å². The Labute approximate surface area is 193 Å². The second-order valence-electron chi connectivity index (χ2n) is 6.98. The van der Waals surface area contributed by atoms with Gasteiger partial charge in [-0.1, -0.05) is 35.4 Å². The van der Waals surface area contributed by atoms with Crippen molar-refractivity contribution in [1.82, 2.24) is 20.2 Å². The highest BCUT2D eigenvalue weighted by molar-refractivity contribution is 6.31. The minimum Gasteiger partial charge on any atom is -0.455 e. The number of esters is 1. The fourth-order valence-electron chi connectivity index (χ4n) is 2.88. The summed E-state index contributed by atoms with van der Waals surface area (Å²) in [6.45, 7) is 1.48. The molecule has 10 heteroatoms. The molecule has 0 radical (unpaired) electrons. The summed E-state index contributed by atoms with van der Waals surface area (Å²) in [5.41, 5.74) is 2.28. The number of tetrazole rings is 1. The highest BCUT2D eigenvalue weighted by Gasteiger charge is 2.14. The van der Waals surface area contributed by atoms with Crippen molar-refractivity contribution in [2.75, 3.05) is 11.9 Å². The van der Waals surface area contributed by atoms with Gasteiger partial charge in [-0.2, -0.15) is 0 Å². The fraction of sp³-hybridized carbons (Fsp3) is 0.0870. The number of anilines is 1. The van der Waals surface area contributed by atoms with Crippen molar-refractivity contribution in [2.24, 2.45) is 0 Å². The first-order valence-electron chi connectivity index (χ1n) is 9.82. The van der Waals surface area contributed by atoms with Crippen molar-refractivity contribution < 1.29 is 19.1 Å². The van der Waals surface area contributed by atoms with E-state index in [1.165, 1.54) is 11.0 Å². The summed E-state index contributed by atoms with van der Waals surface area (Å²) in [6.07, 6.45) is 1.40. The molecule has 0 fully saturated rings. The third-order valence-electron chi connectivity index (χ3n) is 4.49. The average molecular weight is 464 g/mol. The first-order chi connectivity index (χ1) is 16.0. The Morgan fingerprint density at radius 2 is 1.88 bits per heavy atom. The van der Waals surface area contributed by atoms with Crippen LogP contribution in [0.25, 0.3) is 5.69 Å². The maximum atomic E-state index is 12.4. The van der Waals surface area contributed by atoms with Gasteiger partial charge in [0.1, 0.15) is 12.1 Å². The average Bonchev–Trinajstić information content (AvgIpc) is 3.36. The maximum absolute atomic E-state index is 12.4. The van der Waals surface area contributed by atoms with Crippen LogP contribution in [-0.4, -0.2) is 38.7 Å². The predicted molar refractivity (Wildman–Crippen MR) is 121 cm³/mol. The summed E-state index contributed by atoms with van der Waals surface area (Å²) >= 11 is 6.08. The molecule has 0 spiro atoms. The smallest absolute Gasteiger partial charge is 0.338 e. The van der Waals surface area contributed by atoms with Crippen molar-refractivity contribution in [2.45, 2.75) is 6.92 Å². The Hall–Kier alpha value is -4.24. The van der Waals surface area contributed by atoms with E-state index in [2.05, 4.69) is 20.8 Å². The lowest BCUT2D eigenvalue weighted by Gasteiger charge is -2.13. The lowest BCUT2D eigenvalue weighted by atomic mass is 10.2. The lowest BCUT2D eigenvalue weighted by Crippen LogP contribution is -2.21. The van der Waals surface area contributed by atoms with Crippen molar-refractivity contribution in [3.8, 4) is 17.2 Å². The van der Waals surface area contributed by atoms with Gasteiger partial charge in [0.2, 0.25) is 0 Å². The Morgan fingerprint density at radius 3 is 2.64 bits per heavy atom. The first kappa shape index (κ1) is 22.0. The lowest BCUT2D eigenvalue weighted by molar-refractivity contribution is -0.119. The monoisotopic (exact) mass is 463 g/mol. The van der Waals surface area contributed by atoms with Gasteiger partial charge in [0.05, 0.1) is 16.9 Å². The molecule has 33 heavy (non-hydrogen) atoms. The van der Waals surface area contributed by atoms with Crippen LogP contribution in [0.15, 0.2) is 73.1 Å². The summed E-state index contributed by atoms with van der Waals surface area (Å²) in [5.74, 6) is -0.206. The number of nitrogens with one attached hydrogen (secondary N) is 1. The number of rotatable bonds is 7. The number of aromatic nitrogens is 4. The Balaban J connectivity index is 1.40. The van der Waals surface area contributed by atoms with Gasteiger partial charge in [-0.25, -0.2) is 9.48 Å². The molecule has 1 heterocycles. The van der Waals surface area contributed by atoms with Crippen LogP contribution in [0.4, 0.5) is 5.69 Å². The number of hydrogen-bond acceptors (Lipinski definition) is 7. The molecule has 0 aliphatic carbocycles. The molecule has 1 aromatic heterocycles. The van der Waals surface area contributed by atoms with Crippen molar-refractivity contribution in [3.63, 3.8) is 0 Å². The second kappa shape index (κ2) is 9.92. The van der Waals surface area contributed by atoms with Gasteiger partial charge in [-0.05, 0) is 65.9 Å². The quantitative estimate of drug-likeness (QED) is 0.409. The van der Waals surface area contributed by atoms with Gasteiger partial charge in [0.25, 0.3) is 5.91 Å². The van der Waals surface area contributed by atoms with E-state index in [4.69, 9.17) is 21.1 Å². The SMILES string of the molecule is Cc1ccc(Oc2ccc(Cl)cc2NC(=O)COC(=O)c2cccc(-n3cnnn3)c2)cc1. The van der Waals surface area contributed by atoms with E-state index in [1.807, 2.05) is 31.2 Å². The van der Waals surface area contributed by atoms with E-state index in [9.17, 15) is 9.59 Å². The summed E-state index contributed by atoms with van der Waals surface area (Å²) in [7, 11) is 0. The molecule has 0 saturated heterocycles. The standard InChI is InChI=1S/C23H18ClN5O4/c1-15-5-8-19(9-6-15)33-21-10-7-17(24)12-20(21)26-22(30)13-32-23(31)16-3-2-4-18(11-16)29-14-25-27-28-29/h2-12,14H,13H2,1H3,(H,26,30). The molecule has 0 unspecified atom stereocenters. The molecule has 0 bridgehead atoms. The predicted octanol–water partition coefficient (Wildman–Crippen LogP) is 4.21. The molecule has 1 N–H and O–H groups in total. The number of amides is 1. The molecular formula is C23H18ClN5O4.